The van der Waals surface area contributed by atoms with E-state index in [2.05, 4.69) is 36.8 Å². The van der Waals surface area contributed by atoms with Crippen LogP contribution in [0.15, 0.2) is 5.11 Å². The molecule has 0 saturated carbocycles. The molecule has 1 aromatic rings. The molecule has 0 radical (unpaired) electrons. The van der Waals surface area contributed by atoms with Crippen LogP contribution < -0.4 is 9.80 Å². The molecule has 0 aromatic carbocycles. The van der Waals surface area contributed by atoms with Crippen LogP contribution >= 0.6 is 0 Å². The molecule has 1 rings (SSSR count). The monoisotopic (exact) mass is 256 g/mol. The summed E-state index contributed by atoms with van der Waals surface area (Å²) in [4.78, 5) is 18.1. The molecule has 1 heterocycles. The van der Waals surface area contributed by atoms with Gasteiger partial charge in [0.15, 0.2) is 0 Å². The number of azide groups is 1. The summed E-state index contributed by atoms with van der Waals surface area (Å²) in [5.41, 5.74) is 8.45. The van der Waals surface area contributed by atoms with Gasteiger partial charge < -0.3 is 9.80 Å². The predicted molar refractivity (Wildman–Crippen MR) is 72.8 cm³/mol. The second-order valence-corrected chi connectivity index (χ2v) is 3.55. The van der Waals surface area contributed by atoms with E-state index in [4.69, 9.17) is 18.4 Å². The summed E-state index contributed by atoms with van der Waals surface area (Å²) in [6.07, 6.45) is 10.5. The smallest absolute Gasteiger partial charge is 0.231 e. The molecule has 0 spiro atoms. The molecule has 0 N–H and O–H groups in total. The van der Waals surface area contributed by atoms with Crippen molar-refractivity contribution >= 4 is 17.8 Å². The molecule has 0 bridgehead atoms. The van der Waals surface area contributed by atoms with Gasteiger partial charge in [0.05, 0.1) is 13.1 Å². The first-order chi connectivity index (χ1) is 9.12. The second-order valence-electron chi connectivity index (χ2n) is 3.55. The maximum absolute atomic E-state index is 8.45. The van der Waals surface area contributed by atoms with Crippen molar-refractivity contribution in [2.24, 2.45) is 5.11 Å². The van der Waals surface area contributed by atoms with E-state index < -0.39 is 0 Å². The van der Waals surface area contributed by atoms with Crippen molar-refractivity contribution in [1.82, 2.24) is 15.0 Å². The molecule has 0 aliphatic carbocycles. The summed E-state index contributed by atoms with van der Waals surface area (Å²) in [6.45, 7) is 0.635. The Morgan fingerprint density at radius 1 is 1.11 bits per heavy atom. The highest BCUT2D eigenvalue weighted by atomic mass is 15.4. The van der Waals surface area contributed by atoms with Gasteiger partial charge in [-0.25, -0.2) is 0 Å². The van der Waals surface area contributed by atoms with Crippen LogP contribution in [-0.4, -0.2) is 42.1 Å². The Bertz CT molecular complexity index is 535. The van der Waals surface area contributed by atoms with Crippen molar-refractivity contribution in [2.45, 2.75) is 0 Å². The van der Waals surface area contributed by atoms with Crippen molar-refractivity contribution in [2.75, 3.05) is 37.0 Å². The number of terminal acetylenes is 2. The minimum Gasteiger partial charge on any atom is -0.333 e. The number of hydrogen-bond acceptors (Lipinski definition) is 6. The van der Waals surface area contributed by atoms with Gasteiger partial charge >= 0.3 is 0 Å². The number of nitrogens with zero attached hydrogens (tertiary/aromatic N) is 8. The molecular weight excluding hydrogens is 244 g/mol. The fraction of sp³-hybridized carbons (Fsp3) is 0.364. The van der Waals surface area contributed by atoms with E-state index in [-0.39, 0.29) is 5.95 Å². The Balaban J connectivity index is 3.22. The number of anilines is 2. The van der Waals surface area contributed by atoms with Crippen molar-refractivity contribution in [3.63, 3.8) is 0 Å². The Labute approximate surface area is 111 Å². The van der Waals surface area contributed by atoms with Gasteiger partial charge in [-0.2, -0.15) is 15.0 Å². The lowest BCUT2D eigenvalue weighted by Crippen LogP contribution is -2.24. The largest absolute Gasteiger partial charge is 0.333 e. The van der Waals surface area contributed by atoms with Gasteiger partial charge in [-0.3, -0.25) is 0 Å². The molecule has 0 aliphatic rings. The average molecular weight is 256 g/mol. The van der Waals surface area contributed by atoms with Crippen LogP contribution in [-0.2, 0) is 0 Å². The van der Waals surface area contributed by atoms with Gasteiger partial charge in [0.2, 0.25) is 17.8 Å². The van der Waals surface area contributed by atoms with E-state index in [9.17, 15) is 0 Å². The van der Waals surface area contributed by atoms with E-state index in [1.165, 1.54) is 0 Å². The van der Waals surface area contributed by atoms with Gasteiger partial charge in [0, 0.05) is 19.0 Å². The highest BCUT2D eigenvalue weighted by Crippen LogP contribution is 2.16. The third-order valence-corrected chi connectivity index (χ3v) is 2.07. The van der Waals surface area contributed by atoms with Crippen molar-refractivity contribution in [3.05, 3.63) is 10.4 Å². The Morgan fingerprint density at radius 3 is 1.95 bits per heavy atom. The Hall–Kier alpha value is -2.96. The topological polar surface area (TPSA) is 93.9 Å². The molecular formula is C11H12N8. The lowest BCUT2D eigenvalue weighted by atomic mass is 10.5. The molecule has 0 aliphatic heterocycles. The fourth-order valence-electron chi connectivity index (χ4n) is 1.18. The van der Waals surface area contributed by atoms with E-state index in [1.807, 2.05) is 0 Å². The molecule has 96 valence electrons. The van der Waals surface area contributed by atoms with E-state index in [0.29, 0.717) is 25.0 Å². The molecule has 19 heavy (non-hydrogen) atoms. The molecule has 0 atom stereocenters. The third-order valence-electron chi connectivity index (χ3n) is 2.07. The van der Waals surface area contributed by atoms with E-state index >= 15 is 0 Å². The first-order valence-electron chi connectivity index (χ1n) is 5.22. The van der Waals surface area contributed by atoms with Crippen LogP contribution in [0.25, 0.3) is 10.4 Å². The maximum atomic E-state index is 8.45. The lowest BCUT2D eigenvalue weighted by Gasteiger charge is -2.18. The quantitative estimate of drug-likeness (QED) is 0.338. The highest BCUT2D eigenvalue weighted by Gasteiger charge is 2.11. The van der Waals surface area contributed by atoms with Crippen LogP contribution in [0.2, 0.25) is 0 Å². The third kappa shape index (κ3) is 3.77. The first kappa shape index (κ1) is 14.1. The van der Waals surface area contributed by atoms with Gasteiger partial charge in [0.1, 0.15) is 0 Å². The number of hydrogen-bond donors (Lipinski definition) is 0. The van der Waals surface area contributed by atoms with Gasteiger partial charge in [-0.05, 0) is 10.6 Å². The van der Waals surface area contributed by atoms with Crippen molar-refractivity contribution in [3.8, 4) is 24.7 Å². The van der Waals surface area contributed by atoms with Gasteiger partial charge in [-0.15, -0.1) is 12.8 Å². The zero-order chi connectivity index (χ0) is 14.3. The normalized spacial score (nSPS) is 8.84. The summed E-state index contributed by atoms with van der Waals surface area (Å²) in [6, 6.07) is 0. The lowest BCUT2D eigenvalue weighted by molar-refractivity contribution is 0.879. The molecule has 0 fully saturated rings. The molecule has 8 nitrogen and oxygen atoms in total. The minimum absolute atomic E-state index is 0.0322. The number of aromatic nitrogens is 3. The van der Waals surface area contributed by atoms with Gasteiger partial charge in [0.25, 0.3) is 0 Å². The highest BCUT2D eigenvalue weighted by molar-refractivity contribution is 5.43. The van der Waals surface area contributed by atoms with Crippen molar-refractivity contribution < 1.29 is 0 Å². The van der Waals surface area contributed by atoms with Crippen LogP contribution in [0.4, 0.5) is 17.8 Å². The van der Waals surface area contributed by atoms with Crippen LogP contribution in [0, 0.1) is 24.7 Å². The van der Waals surface area contributed by atoms with Crippen LogP contribution in [0.1, 0.15) is 0 Å². The summed E-state index contributed by atoms with van der Waals surface area (Å²) in [7, 11) is 3.44. The Morgan fingerprint density at radius 2 is 1.58 bits per heavy atom. The maximum Gasteiger partial charge on any atom is 0.231 e. The predicted octanol–water partition coefficient (Wildman–Crippen LogP) is 0.952. The molecule has 0 saturated heterocycles. The molecule has 1 aromatic heterocycles. The first-order valence-corrected chi connectivity index (χ1v) is 5.22. The summed E-state index contributed by atoms with van der Waals surface area (Å²) < 4.78 is 0. The van der Waals surface area contributed by atoms with Crippen molar-refractivity contribution in [1.29, 1.82) is 0 Å². The molecule has 0 amide bonds. The van der Waals surface area contributed by atoms with Crippen LogP contribution in [0.5, 0.6) is 0 Å². The van der Waals surface area contributed by atoms with Gasteiger partial charge in [-0.1, -0.05) is 11.8 Å². The zero-order valence-corrected chi connectivity index (χ0v) is 10.6. The van der Waals surface area contributed by atoms with Crippen LogP contribution in [0.3, 0.4) is 0 Å². The molecule has 0 unspecified atom stereocenters. The van der Waals surface area contributed by atoms with E-state index in [1.54, 1.807) is 23.9 Å². The molecule has 8 heteroatoms. The van der Waals surface area contributed by atoms with E-state index in [0.717, 1.165) is 0 Å². The minimum atomic E-state index is -0.0322. The average Bonchev–Trinajstić information content (AvgIpc) is 2.39. The number of rotatable bonds is 5. The summed E-state index contributed by atoms with van der Waals surface area (Å²) in [5.74, 6) is 5.53. The SMILES string of the molecule is C#CCN(C)c1nc(N=[N+]=[N-])nc(N(C)CC#C)n1. The Kier molecular flexibility index (Phi) is 4.97. The standard InChI is InChI=1S/C11H12N8/c1-5-7-18(3)10-13-9(16-17-12)14-11(15-10)19(4)8-6-2/h1-2H,7-8H2,3-4H3. The zero-order valence-electron chi connectivity index (χ0n) is 10.6. The fourth-order valence-corrected chi connectivity index (χ4v) is 1.18. The summed E-state index contributed by atoms with van der Waals surface area (Å²) >= 11 is 0. The second kappa shape index (κ2) is 6.70. The summed E-state index contributed by atoms with van der Waals surface area (Å²) in [5, 5.41) is 3.37.